The monoisotopic (exact) mass is 1190 g/mol. The quantitative estimate of drug-likeness (QED) is 0.105. The van der Waals surface area contributed by atoms with Gasteiger partial charge in [0.05, 0.1) is 0 Å². The summed E-state index contributed by atoms with van der Waals surface area (Å²) in [6.45, 7) is 11.7. The molecule has 10 rings (SSSR count). The van der Waals surface area contributed by atoms with Crippen molar-refractivity contribution in [2.45, 2.75) is 142 Å². The second-order valence-corrected chi connectivity index (χ2v) is 28.1. The van der Waals surface area contributed by atoms with Crippen LogP contribution in [0.5, 0.6) is 0 Å². The average molecular weight is 1200 g/mol. The fraction of sp³-hybridized carbons (Fsp3) is 0.375. The Morgan fingerprint density at radius 3 is 1.10 bits per heavy atom. The first-order valence-electron chi connectivity index (χ1n) is 26.3. The summed E-state index contributed by atoms with van der Waals surface area (Å²) in [5.74, 6) is 0. The Kier molecular flexibility index (Phi) is 25.8. The van der Waals surface area contributed by atoms with Crippen molar-refractivity contribution in [1.82, 2.24) is 0 Å². The van der Waals surface area contributed by atoms with Gasteiger partial charge in [-0.1, -0.05) is 200 Å². The molecule has 8 aromatic carbocycles. The molecule has 2 aliphatic carbocycles. The molecule has 0 bridgehead atoms. The van der Waals surface area contributed by atoms with Gasteiger partial charge in [0.15, 0.2) is 0 Å². The van der Waals surface area contributed by atoms with Crippen molar-refractivity contribution in [2.75, 3.05) is 0 Å². The Morgan fingerprint density at radius 2 is 0.761 bits per heavy atom. The molecule has 0 N–H and O–H groups in total. The molecule has 0 unspecified atom stereocenters. The molecule has 0 nitrogen and oxygen atoms in total. The van der Waals surface area contributed by atoms with Gasteiger partial charge in [0.2, 0.25) is 0 Å². The van der Waals surface area contributed by atoms with Crippen molar-refractivity contribution in [3.63, 3.8) is 0 Å². The van der Waals surface area contributed by atoms with Crippen molar-refractivity contribution in [1.29, 1.82) is 0 Å². The molecule has 0 saturated heterocycles. The van der Waals surface area contributed by atoms with Crippen molar-refractivity contribution in [3.8, 4) is 22.3 Å². The van der Waals surface area contributed by atoms with E-state index in [4.69, 9.17) is 34.1 Å². The fourth-order valence-corrected chi connectivity index (χ4v) is 11.9. The summed E-state index contributed by atoms with van der Waals surface area (Å²) in [6.07, 6.45) is 27.9. The number of fused-ring (bicyclic) bond motifs is 4. The van der Waals surface area contributed by atoms with E-state index in [0.29, 0.717) is 20.3 Å². The molecule has 0 aromatic heterocycles. The summed E-state index contributed by atoms with van der Waals surface area (Å²) in [5, 5.41) is 10.9. The number of halogens is 4. The Morgan fingerprint density at radius 1 is 0.437 bits per heavy atom. The van der Waals surface area contributed by atoms with E-state index >= 15 is 0 Å². The number of benzene rings is 6. The van der Waals surface area contributed by atoms with E-state index in [1.165, 1.54) is 194 Å². The molecule has 8 aromatic rings. The van der Waals surface area contributed by atoms with Crippen molar-refractivity contribution in [2.24, 2.45) is 10.8 Å². The molecule has 0 amide bonds. The van der Waals surface area contributed by atoms with E-state index < -0.39 is 41.7 Å². The third-order valence-electron chi connectivity index (χ3n) is 15.7. The third kappa shape index (κ3) is 17.1. The first-order valence-corrected chi connectivity index (χ1v) is 40.4. The molecule has 2 radical (unpaired) electrons. The SMILES string of the molecule is CCC1(Cc2cc3c(-c4ccc5ccccc5c4)cccc3[cH-]2)CCCCCCCC1.CCC1(Cc2cc3c(-c4ccc5ccccc5c4)cccc3[cH-]2)CCCCCCCC1.[CH2-][Si][CH2-].[Cl][Zr+2][Cl].[Cl][Zr+2][Cl]. The van der Waals surface area contributed by atoms with Crippen LogP contribution in [0.4, 0.5) is 0 Å². The van der Waals surface area contributed by atoms with Crippen LogP contribution in [0, 0.1) is 23.9 Å². The van der Waals surface area contributed by atoms with Gasteiger partial charge in [0, 0.05) is 0 Å². The van der Waals surface area contributed by atoms with E-state index in [9.17, 15) is 0 Å². The zero-order chi connectivity index (χ0) is 50.3. The van der Waals surface area contributed by atoms with Gasteiger partial charge in [0.25, 0.3) is 0 Å². The zero-order valence-corrected chi connectivity index (χ0v) is 51.4. The van der Waals surface area contributed by atoms with Gasteiger partial charge in [-0.25, -0.2) is 0 Å². The van der Waals surface area contributed by atoms with Crippen LogP contribution in [-0.2, 0) is 54.5 Å². The molecule has 0 atom stereocenters. The molecular weight excluding hydrogens is 1120 g/mol. The molecule has 2 aliphatic rings. The minimum absolute atomic E-state index is 0.498. The van der Waals surface area contributed by atoms with Crippen LogP contribution in [0.25, 0.3) is 65.3 Å². The maximum atomic E-state index is 4.93. The van der Waals surface area contributed by atoms with Gasteiger partial charge in [-0.05, 0) is 94.2 Å². The third-order valence-corrected chi connectivity index (χ3v) is 15.7. The normalized spacial score (nSPS) is 15.7. The van der Waals surface area contributed by atoms with Crippen molar-refractivity contribution < 1.29 is 41.7 Å². The second-order valence-electron chi connectivity index (χ2n) is 20.2. The number of hydrogen-bond donors (Lipinski definition) is 0. The summed E-state index contributed by atoms with van der Waals surface area (Å²) in [7, 11) is 20.3. The molecule has 0 aliphatic heterocycles. The average Bonchev–Trinajstić information content (AvgIpc) is 4.06. The standard InChI is InChI=1S/2C31H35.C2H4Si.4ClH.2Zr/c2*1-2-31(18-9-5-3-4-6-10-19-31)23-24-20-27-14-11-15-29(30(27)21-24)28-17-16-25-12-7-8-13-26(25)22-28;1-3-2;;;;;;/h2*7-8,11-17,20-22H,2-6,9-10,18-19,23H2,1H3;1-2H2;4*1H;;/q2*-1;-2;;;;;2*+4/p-4. The summed E-state index contributed by atoms with van der Waals surface area (Å²) in [6, 6.07) is 54.7. The predicted molar refractivity (Wildman–Crippen MR) is 312 cm³/mol. The molecule has 2 fully saturated rings. The van der Waals surface area contributed by atoms with Crippen molar-refractivity contribution in [3.05, 3.63) is 170 Å². The second kappa shape index (κ2) is 31.3. The van der Waals surface area contributed by atoms with Crippen LogP contribution in [-0.4, -0.2) is 9.52 Å². The summed E-state index contributed by atoms with van der Waals surface area (Å²) >= 11 is -1.65. The van der Waals surface area contributed by atoms with Gasteiger partial charge >= 0.3 is 75.7 Å². The Balaban J connectivity index is 0.000000200. The Labute approximate surface area is 468 Å². The van der Waals surface area contributed by atoms with Crippen LogP contribution in [0.1, 0.15) is 141 Å². The summed E-state index contributed by atoms with van der Waals surface area (Å²) in [5.41, 5.74) is 9.48. The molecule has 0 spiro atoms. The predicted octanol–water partition coefficient (Wildman–Crippen LogP) is 21.9. The Bertz CT molecular complexity index is 2580. The summed E-state index contributed by atoms with van der Waals surface area (Å²) in [4.78, 5) is 0. The zero-order valence-electron chi connectivity index (χ0n) is 42.4. The number of hydrogen-bond acceptors (Lipinski definition) is 0. The van der Waals surface area contributed by atoms with Crippen LogP contribution < -0.4 is 0 Å². The maximum absolute atomic E-state index is 4.93. The van der Waals surface area contributed by atoms with Gasteiger partial charge in [-0.3, -0.25) is 0 Å². The van der Waals surface area contributed by atoms with Crippen LogP contribution in [0.15, 0.2) is 146 Å². The topological polar surface area (TPSA) is 0 Å². The van der Waals surface area contributed by atoms with Gasteiger partial charge in [0.1, 0.15) is 0 Å². The van der Waals surface area contributed by atoms with E-state index in [1.54, 1.807) is 11.1 Å². The Hall–Kier alpha value is -1.80. The molecule has 71 heavy (non-hydrogen) atoms. The van der Waals surface area contributed by atoms with Crippen molar-refractivity contribution >= 4 is 86.7 Å². The van der Waals surface area contributed by atoms with Crippen LogP contribution in [0.3, 0.4) is 0 Å². The fourth-order valence-electron chi connectivity index (χ4n) is 11.9. The molecule has 7 heteroatoms. The first-order chi connectivity index (χ1) is 34.8. The molecule has 2 saturated carbocycles. The van der Waals surface area contributed by atoms with Crippen LogP contribution >= 0.6 is 34.1 Å². The number of rotatable bonds is 8. The van der Waals surface area contributed by atoms with E-state index in [0.717, 1.165) is 0 Å². The first kappa shape index (κ1) is 58.5. The van der Waals surface area contributed by atoms with E-state index in [1.807, 2.05) is 0 Å². The summed E-state index contributed by atoms with van der Waals surface area (Å²) < 4.78 is 0. The van der Waals surface area contributed by atoms with Gasteiger partial charge < -0.3 is 22.6 Å². The van der Waals surface area contributed by atoms with Gasteiger partial charge in [-0.2, -0.15) is 12.1 Å². The molecule has 0 heterocycles. The molecular formula is C64H74Cl4SiZr2. The minimum atomic E-state index is -0.826. The van der Waals surface area contributed by atoms with Gasteiger partial charge in [-0.15, -0.1) is 69.1 Å². The van der Waals surface area contributed by atoms with Crippen LogP contribution in [0.2, 0.25) is 0 Å². The van der Waals surface area contributed by atoms with E-state index in [-0.39, 0.29) is 0 Å². The van der Waals surface area contributed by atoms with E-state index in [2.05, 4.69) is 173 Å². The molecule has 370 valence electrons.